The van der Waals surface area contributed by atoms with E-state index >= 15 is 0 Å². The van der Waals surface area contributed by atoms with Crippen LogP contribution in [-0.2, 0) is 11.2 Å². The number of carbonyl (C=O) groups is 1. The average molecular weight is 411 g/mol. The lowest BCUT2D eigenvalue weighted by atomic mass is 10.1. The molecule has 2 rings (SSSR count). The first-order valence-corrected chi connectivity index (χ1v) is 11.7. The van der Waals surface area contributed by atoms with Crippen LogP contribution in [0.3, 0.4) is 0 Å². The molecule has 0 aliphatic heterocycles. The number of esters is 1. The van der Waals surface area contributed by atoms with Crippen LogP contribution in [0.15, 0.2) is 48.5 Å². The van der Waals surface area contributed by atoms with Crippen molar-refractivity contribution in [3.05, 3.63) is 65.2 Å². The van der Waals surface area contributed by atoms with E-state index in [1.54, 1.807) is 0 Å². The molecule has 1 atom stereocenters. The molecule has 0 fully saturated rings. The first-order valence-electron chi connectivity index (χ1n) is 11.7. The molecule has 30 heavy (non-hydrogen) atoms. The molecule has 2 aromatic rings. The van der Waals surface area contributed by atoms with Crippen molar-refractivity contribution < 1.29 is 14.3 Å². The van der Waals surface area contributed by atoms with Crippen LogP contribution >= 0.6 is 0 Å². The summed E-state index contributed by atoms with van der Waals surface area (Å²) in [5.74, 6) is 0.335. The Kier molecular flexibility index (Phi) is 11.2. The SMILES string of the molecule is CCCCCCCCCOC(C)c1ccc(C(=O)Oc2ccccc2CCC)cc1. The molecule has 0 N–H and O–H groups in total. The lowest BCUT2D eigenvalue weighted by molar-refractivity contribution is 0.0626. The number of rotatable bonds is 14. The van der Waals surface area contributed by atoms with Gasteiger partial charge in [-0.1, -0.05) is 89.1 Å². The molecule has 2 aromatic carbocycles. The maximum Gasteiger partial charge on any atom is 0.343 e. The second-order valence-electron chi connectivity index (χ2n) is 8.00. The van der Waals surface area contributed by atoms with Gasteiger partial charge >= 0.3 is 5.97 Å². The molecule has 0 aliphatic carbocycles. The van der Waals surface area contributed by atoms with Crippen molar-refractivity contribution >= 4 is 5.97 Å². The van der Waals surface area contributed by atoms with Crippen molar-refractivity contribution in [3.8, 4) is 5.75 Å². The molecule has 0 radical (unpaired) electrons. The topological polar surface area (TPSA) is 35.5 Å². The van der Waals surface area contributed by atoms with Gasteiger partial charge in [0.1, 0.15) is 5.75 Å². The third-order valence-corrected chi connectivity index (χ3v) is 5.43. The monoisotopic (exact) mass is 410 g/mol. The van der Waals surface area contributed by atoms with E-state index in [2.05, 4.69) is 20.8 Å². The predicted octanol–water partition coefficient (Wildman–Crippen LogP) is 7.69. The maximum atomic E-state index is 12.5. The van der Waals surface area contributed by atoms with Gasteiger partial charge in [0.05, 0.1) is 11.7 Å². The molecule has 3 nitrogen and oxygen atoms in total. The van der Waals surface area contributed by atoms with E-state index in [-0.39, 0.29) is 12.1 Å². The van der Waals surface area contributed by atoms with E-state index < -0.39 is 0 Å². The minimum Gasteiger partial charge on any atom is -0.423 e. The Morgan fingerprint density at radius 1 is 0.833 bits per heavy atom. The quantitative estimate of drug-likeness (QED) is 0.182. The first-order chi connectivity index (χ1) is 14.7. The highest BCUT2D eigenvalue weighted by atomic mass is 16.5. The third-order valence-electron chi connectivity index (χ3n) is 5.43. The molecule has 1 unspecified atom stereocenters. The van der Waals surface area contributed by atoms with Crippen molar-refractivity contribution in [3.63, 3.8) is 0 Å². The highest BCUT2D eigenvalue weighted by Gasteiger charge is 2.13. The Labute approximate surface area is 182 Å². The lowest BCUT2D eigenvalue weighted by Crippen LogP contribution is -2.10. The molecule has 0 heterocycles. The molecule has 0 bridgehead atoms. The van der Waals surface area contributed by atoms with E-state index in [1.807, 2.05) is 48.5 Å². The number of para-hydroxylation sites is 1. The molecule has 164 valence electrons. The van der Waals surface area contributed by atoms with E-state index in [0.29, 0.717) is 11.3 Å². The van der Waals surface area contributed by atoms with Gasteiger partial charge in [-0.2, -0.15) is 0 Å². The number of hydrogen-bond acceptors (Lipinski definition) is 3. The summed E-state index contributed by atoms with van der Waals surface area (Å²) in [6.07, 6.45) is 10.9. The van der Waals surface area contributed by atoms with E-state index in [4.69, 9.17) is 9.47 Å². The molecule has 0 aromatic heterocycles. The Bertz CT molecular complexity index is 736. The van der Waals surface area contributed by atoms with Crippen molar-refractivity contribution in [1.29, 1.82) is 0 Å². The summed E-state index contributed by atoms with van der Waals surface area (Å²) in [4.78, 5) is 12.5. The van der Waals surface area contributed by atoms with E-state index in [9.17, 15) is 4.79 Å². The minimum absolute atomic E-state index is 0.0282. The van der Waals surface area contributed by atoms with Gasteiger partial charge in [-0.15, -0.1) is 0 Å². The van der Waals surface area contributed by atoms with Crippen LogP contribution in [0.1, 0.15) is 99.7 Å². The standard InChI is InChI=1S/C27H38O3/c1-4-6-7-8-9-10-13-21-29-22(3)23-17-19-25(20-18-23)27(28)30-26-16-12-11-15-24(26)14-5-2/h11-12,15-20,22H,4-10,13-14,21H2,1-3H3. The predicted molar refractivity (Wildman–Crippen MR) is 124 cm³/mol. The number of hydrogen-bond donors (Lipinski definition) is 0. The third kappa shape index (κ3) is 8.31. The molecule has 0 aliphatic rings. The summed E-state index contributed by atoms with van der Waals surface area (Å²) >= 11 is 0. The van der Waals surface area contributed by atoms with Crippen LogP contribution in [0, 0.1) is 0 Å². The minimum atomic E-state index is -0.318. The Morgan fingerprint density at radius 2 is 1.50 bits per heavy atom. The Morgan fingerprint density at radius 3 is 2.20 bits per heavy atom. The number of ether oxygens (including phenoxy) is 2. The summed E-state index contributed by atoms with van der Waals surface area (Å²) < 4.78 is 11.6. The van der Waals surface area contributed by atoms with Crippen molar-refractivity contribution in [1.82, 2.24) is 0 Å². The van der Waals surface area contributed by atoms with Crippen molar-refractivity contribution in [2.75, 3.05) is 6.61 Å². The largest absolute Gasteiger partial charge is 0.423 e. The number of aryl methyl sites for hydroxylation is 1. The first kappa shape index (κ1) is 24.1. The van der Waals surface area contributed by atoms with Gasteiger partial charge in [0.25, 0.3) is 0 Å². The Balaban J connectivity index is 1.78. The fourth-order valence-electron chi connectivity index (χ4n) is 3.54. The Hall–Kier alpha value is -2.13. The van der Waals surface area contributed by atoms with Crippen molar-refractivity contribution in [2.45, 2.75) is 84.7 Å². The maximum absolute atomic E-state index is 12.5. The zero-order valence-electron chi connectivity index (χ0n) is 19.0. The molecule has 0 saturated heterocycles. The van der Waals surface area contributed by atoms with Gasteiger partial charge in [-0.3, -0.25) is 0 Å². The number of carbonyl (C=O) groups excluding carboxylic acids is 1. The number of benzene rings is 2. The summed E-state index contributed by atoms with van der Waals surface area (Å²) in [5, 5.41) is 0. The zero-order valence-corrected chi connectivity index (χ0v) is 19.0. The van der Waals surface area contributed by atoms with Gasteiger partial charge in [-0.25, -0.2) is 4.79 Å². The second kappa shape index (κ2) is 14.0. The van der Waals surface area contributed by atoms with Gasteiger partial charge < -0.3 is 9.47 Å². The highest BCUT2D eigenvalue weighted by molar-refractivity contribution is 5.91. The van der Waals surface area contributed by atoms with Crippen LogP contribution in [-0.4, -0.2) is 12.6 Å². The molecule has 0 saturated carbocycles. The van der Waals surface area contributed by atoms with Gasteiger partial charge in [-0.05, 0) is 49.1 Å². The van der Waals surface area contributed by atoms with Crippen LogP contribution in [0.25, 0.3) is 0 Å². The van der Waals surface area contributed by atoms with Gasteiger partial charge in [0, 0.05) is 6.61 Å². The van der Waals surface area contributed by atoms with Gasteiger partial charge in [0.2, 0.25) is 0 Å². The number of unbranched alkanes of at least 4 members (excludes halogenated alkanes) is 6. The fraction of sp³-hybridized carbons (Fsp3) is 0.519. The molecule has 0 spiro atoms. The van der Waals surface area contributed by atoms with Gasteiger partial charge in [0.15, 0.2) is 0 Å². The van der Waals surface area contributed by atoms with Crippen LogP contribution in [0.4, 0.5) is 0 Å². The molecule has 3 heteroatoms. The lowest BCUT2D eigenvalue weighted by Gasteiger charge is -2.14. The van der Waals surface area contributed by atoms with Crippen LogP contribution < -0.4 is 4.74 Å². The summed E-state index contributed by atoms with van der Waals surface area (Å²) in [5.41, 5.74) is 2.71. The van der Waals surface area contributed by atoms with E-state index in [0.717, 1.165) is 37.0 Å². The second-order valence-corrected chi connectivity index (χ2v) is 8.00. The summed E-state index contributed by atoms with van der Waals surface area (Å²) in [6.45, 7) is 7.22. The van der Waals surface area contributed by atoms with Crippen LogP contribution in [0.5, 0.6) is 5.75 Å². The zero-order chi connectivity index (χ0) is 21.6. The van der Waals surface area contributed by atoms with E-state index in [1.165, 1.54) is 38.5 Å². The normalized spacial score (nSPS) is 12.0. The van der Waals surface area contributed by atoms with Crippen LogP contribution in [0.2, 0.25) is 0 Å². The summed E-state index contributed by atoms with van der Waals surface area (Å²) in [7, 11) is 0. The molecule has 0 amide bonds. The fourth-order valence-corrected chi connectivity index (χ4v) is 3.54. The average Bonchev–Trinajstić information content (AvgIpc) is 2.77. The molecular weight excluding hydrogens is 372 g/mol. The highest BCUT2D eigenvalue weighted by Crippen LogP contribution is 2.22. The van der Waals surface area contributed by atoms with Crippen molar-refractivity contribution in [2.24, 2.45) is 0 Å². The summed E-state index contributed by atoms with van der Waals surface area (Å²) in [6, 6.07) is 15.3. The molecular formula is C27H38O3. The smallest absolute Gasteiger partial charge is 0.343 e.